The molecule has 1 aliphatic rings. The molecule has 4 aromatic rings. The Morgan fingerprint density at radius 2 is 1.89 bits per heavy atom. The lowest BCUT2D eigenvalue weighted by atomic mass is 9.96. The molecule has 1 amide bonds. The van der Waals surface area contributed by atoms with Crippen molar-refractivity contribution in [3.63, 3.8) is 0 Å². The van der Waals surface area contributed by atoms with Gasteiger partial charge in [0.15, 0.2) is 9.84 Å². The molecule has 186 valence electrons. The van der Waals surface area contributed by atoms with E-state index in [0.717, 1.165) is 10.1 Å². The normalized spacial score (nSPS) is 17.4. The van der Waals surface area contributed by atoms with Gasteiger partial charge in [0.05, 0.1) is 20.2 Å². The van der Waals surface area contributed by atoms with Gasteiger partial charge in [-0.05, 0) is 41.8 Å². The lowest BCUT2D eigenvalue weighted by molar-refractivity contribution is 0.100. The second-order valence-corrected chi connectivity index (χ2v) is 12.8. The highest BCUT2D eigenvalue weighted by Gasteiger charge is 2.36. The Balaban J connectivity index is 1.54. The van der Waals surface area contributed by atoms with E-state index in [-0.39, 0.29) is 17.5 Å². The van der Waals surface area contributed by atoms with Crippen molar-refractivity contribution in [1.82, 2.24) is 4.98 Å². The number of rotatable bonds is 5. The van der Waals surface area contributed by atoms with Crippen LogP contribution in [0.2, 0.25) is 15.2 Å². The van der Waals surface area contributed by atoms with E-state index in [4.69, 9.17) is 50.0 Å². The number of aromatic nitrogens is 1. The van der Waals surface area contributed by atoms with Crippen molar-refractivity contribution in [2.75, 3.05) is 6.26 Å². The Morgan fingerprint density at radius 1 is 1.11 bits per heavy atom. The van der Waals surface area contributed by atoms with Crippen molar-refractivity contribution < 1.29 is 22.7 Å². The van der Waals surface area contributed by atoms with Crippen molar-refractivity contribution >= 4 is 72.0 Å². The molecule has 12 heteroatoms. The van der Waals surface area contributed by atoms with Gasteiger partial charge in [0.2, 0.25) is 5.88 Å². The molecule has 0 saturated carbocycles. The molecule has 7 nitrogen and oxygen atoms in total. The molecular weight excluding hydrogens is 567 g/mol. The molecule has 2 aromatic carbocycles. The lowest BCUT2D eigenvalue weighted by Gasteiger charge is -2.32. The Kier molecular flexibility index (Phi) is 6.55. The second kappa shape index (κ2) is 9.39. The minimum absolute atomic E-state index is 0.146. The number of pyridine rings is 1. The number of benzene rings is 2. The number of ether oxygens (including phenoxy) is 2. The van der Waals surface area contributed by atoms with Crippen molar-refractivity contribution in [2.24, 2.45) is 5.73 Å². The largest absolute Gasteiger partial charge is 0.485 e. The highest BCUT2D eigenvalue weighted by molar-refractivity contribution is 7.90. The van der Waals surface area contributed by atoms with Gasteiger partial charge in [-0.25, -0.2) is 13.4 Å². The average molecular weight is 584 g/mol. The first kappa shape index (κ1) is 25.1. The zero-order valence-corrected chi connectivity index (χ0v) is 22.4. The fraction of sp³-hybridized carbons (Fsp3) is 0.167. The number of halogens is 3. The average Bonchev–Trinajstić information content (AvgIpc) is 3.21. The molecule has 2 aromatic heterocycles. The summed E-state index contributed by atoms with van der Waals surface area (Å²) < 4.78 is 38.4. The molecule has 2 N–H and O–H groups in total. The van der Waals surface area contributed by atoms with Crippen molar-refractivity contribution in [3.05, 3.63) is 79.7 Å². The molecule has 5 rings (SSSR count). The van der Waals surface area contributed by atoms with E-state index in [1.807, 2.05) is 0 Å². The van der Waals surface area contributed by atoms with Gasteiger partial charge in [-0.15, -0.1) is 11.3 Å². The summed E-state index contributed by atoms with van der Waals surface area (Å²) in [5.41, 5.74) is 6.55. The number of thiophene rings is 1. The number of fused-ring (bicyclic) bond motifs is 2. The zero-order valence-electron chi connectivity index (χ0n) is 18.5. The van der Waals surface area contributed by atoms with Gasteiger partial charge >= 0.3 is 0 Å². The van der Waals surface area contributed by atoms with Gasteiger partial charge in [-0.3, -0.25) is 4.79 Å². The van der Waals surface area contributed by atoms with Crippen LogP contribution in [0.4, 0.5) is 0 Å². The van der Waals surface area contributed by atoms with E-state index in [9.17, 15) is 13.2 Å². The molecule has 0 bridgehead atoms. The van der Waals surface area contributed by atoms with Crippen molar-refractivity contribution in [2.45, 2.75) is 17.8 Å². The molecule has 0 radical (unpaired) electrons. The lowest BCUT2D eigenvalue weighted by Crippen LogP contribution is -2.24. The van der Waals surface area contributed by atoms with Crippen LogP contribution in [-0.2, 0) is 9.84 Å². The summed E-state index contributed by atoms with van der Waals surface area (Å²) in [6.45, 7) is 0. The van der Waals surface area contributed by atoms with Crippen LogP contribution in [0, 0.1) is 0 Å². The third kappa shape index (κ3) is 4.99. The van der Waals surface area contributed by atoms with Gasteiger partial charge in [0.1, 0.15) is 22.8 Å². The summed E-state index contributed by atoms with van der Waals surface area (Å²) in [4.78, 5) is 16.2. The van der Waals surface area contributed by atoms with Crippen LogP contribution in [0.1, 0.15) is 38.6 Å². The third-order valence-corrected chi connectivity index (χ3v) is 9.26. The smallest absolute Gasteiger partial charge is 0.258 e. The highest BCUT2D eigenvalue weighted by Crippen LogP contribution is 2.47. The van der Waals surface area contributed by atoms with Crippen LogP contribution in [0.15, 0.2) is 48.5 Å². The van der Waals surface area contributed by atoms with E-state index in [1.54, 1.807) is 48.5 Å². The first-order valence-corrected chi connectivity index (χ1v) is 14.4. The fourth-order valence-corrected chi connectivity index (χ4v) is 6.68. The Hall–Kier alpha value is -2.56. The van der Waals surface area contributed by atoms with Gasteiger partial charge in [-0.1, -0.05) is 34.8 Å². The third-order valence-electron chi connectivity index (χ3n) is 5.73. The van der Waals surface area contributed by atoms with E-state index in [0.29, 0.717) is 37.5 Å². The Morgan fingerprint density at radius 3 is 2.58 bits per heavy atom. The van der Waals surface area contributed by atoms with Gasteiger partial charge in [-0.2, -0.15) is 0 Å². The highest BCUT2D eigenvalue weighted by atomic mass is 35.5. The van der Waals surface area contributed by atoms with Crippen molar-refractivity contribution in [3.8, 4) is 17.4 Å². The minimum atomic E-state index is -3.51. The minimum Gasteiger partial charge on any atom is -0.485 e. The molecule has 3 heterocycles. The molecule has 1 aliphatic heterocycles. The van der Waals surface area contributed by atoms with Crippen LogP contribution in [0.3, 0.4) is 0 Å². The maximum Gasteiger partial charge on any atom is 0.258 e. The Labute approximate surface area is 225 Å². The Bertz CT molecular complexity index is 1640. The monoisotopic (exact) mass is 582 g/mol. The number of carbonyl (C=O) groups excluding carboxylic acids is 1. The topological polar surface area (TPSA) is 109 Å². The van der Waals surface area contributed by atoms with Crippen LogP contribution < -0.4 is 15.2 Å². The summed E-state index contributed by atoms with van der Waals surface area (Å²) in [5, 5.41) is 0.741. The van der Waals surface area contributed by atoms with Crippen LogP contribution in [0.25, 0.3) is 10.1 Å². The van der Waals surface area contributed by atoms with E-state index < -0.39 is 27.1 Å². The number of hydrogen-bond donors (Lipinski definition) is 1. The van der Waals surface area contributed by atoms with Crippen molar-refractivity contribution in [1.29, 1.82) is 0 Å². The SMILES string of the molecule is CS(=O)(=O)C1CC(c2cc(Cl)nc(Oc3ccc(Cl)c(Cl)c3)c2)Oc2cc3sc(C(N)=O)cc3cc21. The number of carbonyl (C=O) groups is 1. The van der Waals surface area contributed by atoms with E-state index in [1.165, 1.54) is 17.6 Å². The molecule has 2 atom stereocenters. The maximum atomic E-state index is 12.8. The maximum absolute atomic E-state index is 12.8. The molecule has 2 unspecified atom stereocenters. The molecule has 0 aliphatic carbocycles. The summed E-state index contributed by atoms with van der Waals surface area (Å²) in [6.07, 6.45) is 0.688. The van der Waals surface area contributed by atoms with Crippen LogP contribution in [0.5, 0.6) is 17.4 Å². The zero-order chi connectivity index (χ0) is 25.8. The number of primary amides is 1. The fourth-order valence-electron chi connectivity index (χ4n) is 4.08. The predicted octanol–water partition coefficient (Wildman–Crippen LogP) is 6.76. The summed E-state index contributed by atoms with van der Waals surface area (Å²) >= 11 is 19.5. The number of amides is 1. The molecular formula is C24H17Cl3N2O5S2. The molecule has 0 spiro atoms. The van der Waals surface area contributed by atoms with Gasteiger partial charge in [0.25, 0.3) is 5.91 Å². The van der Waals surface area contributed by atoms with E-state index >= 15 is 0 Å². The summed E-state index contributed by atoms with van der Waals surface area (Å²) in [7, 11) is -3.51. The van der Waals surface area contributed by atoms with Crippen LogP contribution in [-0.4, -0.2) is 25.6 Å². The first-order chi connectivity index (χ1) is 17.0. The number of nitrogens with two attached hydrogens (primary N) is 1. The van der Waals surface area contributed by atoms with Gasteiger partial charge < -0.3 is 15.2 Å². The predicted molar refractivity (Wildman–Crippen MR) is 142 cm³/mol. The molecule has 0 fully saturated rings. The number of sulfone groups is 1. The summed E-state index contributed by atoms with van der Waals surface area (Å²) in [5.74, 6) is 0.445. The first-order valence-electron chi connectivity index (χ1n) is 10.5. The number of hydrogen-bond acceptors (Lipinski definition) is 7. The number of nitrogens with zero attached hydrogens (tertiary/aromatic N) is 1. The quantitative estimate of drug-likeness (QED) is 0.260. The molecule has 0 saturated heterocycles. The second-order valence-electron chi connectivity index (χ2n) is 8.30. The standard InChI is InChI=1S/C24H17Cl3N2O5S2/c1-36(31,32)21-10-17(34-18-9-19-12(4-14(18)21)5-20(35-19)24(28)30)11-6-22(27)29-23(7-11)33-13-2-3-15(25)16(26)8-13/h2-9,17,21H,10H2,1H3,(H2,28,30). The van der Waals surface area contributed by atoms with E-state index in [2.05, 4.69) is 4.98 Å². The summed E-state index contributed by atoms with van der Waals surface area (Å²) in [6, 6.07) is 13.2. The van der Waals surface area contributed by atoms with Gasteiger partial charge in [0, 0.05) is 40.6 Å². The van der Waals surface area contributed by atoms with Crippen LogP contribution >= 0.6 is 46.1 Å². The molecule has 36 heavy (non-hydrogen) atoms.